The van der Waals surface area contributed by atoms with Crippen molar-refractivity contribution in [3.05, 3.63) is 16.7 Å². The topological polar surface area (TPSA) is 43.8 Å². The van der Waals surface area contributed by atoms with Crippen LogP contribution in [-0.2, 0) is 6.54 Å². The van der Waals surface area contributed by atoms with Gasteiger partial charge in [0.2, 0.25) is 0 Å². The quantitative estimate of drug-likeness (QED) is 0.854. The molecular weight excluding hydrogens is 254 g/mol. The van der Waals surface area contributed by atoms with Gasteiger partial charge in [0.1, 0.15) is 5.82 Å². The molecule has 1 unspecified atom stereocenters. The van der Waals surface area contributed by atoms with E-state index in [1.54, 1.807) is 0 Å². The van der Waals surface area contributed by atoms with Gasteiger partial charge in [-0.25, -0.2) is 4.98 Å². The molecule has 0 bridgehead atoms. The monoisotopic (exact) mass is 271 g/mol. The van der Waals surface area contributed by atoms with Gasteiger partial charge in [0.05, 0.1) is 5.69 Å². The number of hydrogen-bond donors (Lipinski definition) is 1. The van der Waals surface area contributed by atoms with Crippen molar-refractivity contribution < 1.29 is 0 Å². The van der Waals surface area contributed by atoms with Crippen LogP contribution in [0.1, 0.15) is 49.2 Å². The molecule has 0 radical (unpaired) electrons. The van der Waals surface area contributed by atoms with Crippen molar-refractivity contribution in [2.24, 2.45) is 5.73 Å². The molecule has 3 nitrogen and oxygen atoms in total. The lowest BCUT2D eigenvalue weighted by Crippen LogP contribution is -2.24. The average molecular weight is 272 g/mol. The zero-order chi connectivity index (χ0) is 11.8. The number of thioether (sulfide) groups is 1. The summed E-state index contributed by atoms with van der Waals surface area (Å²) in [5, 5.41) is 0.644. The van der Waals surface area contributed by atoms with E-state index in [-0.39, 0.29) is 6.04 Å². The molecule has 0 spiro atoms. The number of aromatic nitrogens is 2. The molecule has 0 aliphatic carbocycles. The van der Waals surface area contributed by atoms with E-state index in [2.05, 4.69) is 9.55 Å². The summed E-state index contributed by atoms with van der Waals surface area (Å²) in [6.45, 7) is 1.04. The second-order valence-corrected chi connectivity index (χ2v) is 6.52. The number of nitrogens with zero attached hydrogens (tertiary/aromatic N) is 2. The summed E-state index contributed by atoms with van der Waals surface area (Å²) in [7, 11) is 0. The molecule has 1 saturated heterocycles. The van der Waals surface area contributed by atoms with Crippen LogP contribution in [0.2, 0.25) is 5.15 Å². The third-order valence-electron chi connectivity index (χ3n) is 3.83. The van der Waals surface area contributed by atoms with Gasteiger partial charge in [-0.3, -0.25) is 0 Å². The van der Waals surface area contributed by atoms with Gasteiger partial charge in [-0.05, 0) is 37.2 Å². The molecule has 1 aromatic heterocycles. The molecule has 17 heavy (non-hydrogen) atoms. The van der Waals surface area contributed by atoms with Gasteiger partial charge in [0, 0.05) is 18.5 Å². The maximum absolute atomic E-state index is 6.26. The van der Waals surface area contributed by atoms with Crippen LogP contribution >= 0.6 is 23.4 Å². The van der Waals surface area contributed by atoms with Crippen molar-refractivity contribution in [1.82, 2.24) is 9.55 Å². The lowest BCUT2D eigenvalue weighted by molar-refractivity contribution is 0.435. The number of nitrogens with two attached hydrogens (primary N) is 1. The SMILES string of the molecule is NC1CCCn2c(C3CCSCC3)nc(Cl)c21. The molecule has 3 heterocycles. The van der Waals surface area contributed by atoms with E-state index >= 15 is 0 Å². The molecule has 0 saturated carbocycles. The number of hydrogen-bond acceptors (Lipinski definition) is 3. The van der Waals surface area contributed by atoms with Gasteiger partial charge >= 0.3 is 0 Å². The van der Waals surface area contributed by atoms with Crippen molar-refractivity contribution in [2.45, 2.75) is 44.2 Å². The minimum absolute atomic E-state index is 0.0791. The first-order valence-corrected chi connectivity index (χ1v) is 7.90. The van der Waals surface area contributed by atoms with Crippen molar-refractivity contribution >= 4 is 23.4 Å². The lowest BCUT2D eigenvalue weighted by atomic mass is 10.0. The lowest BCUT2D eigenvalue weighted by Gasteiger charge is -2.26. The maximum Gasteiger partial charge on any atom is 0.152 e. The summed E-state index contributed by atoms with van der Waals surface area (Å²) >= 11 is 8.30. The molecule has 0 aromatic carbocycles. The molecule has 1 aromatic rings. The predicted octanol–water partition coefficient (Wildman–Crippen LogP) is 2.94. The highest BCUT2D eigenvalue weighted by Gasteiger charge is 2.29. The first-order chi connectivity index (χ1) is 8.27. The Morgan fingerprint density at radius 2 is 2.06 bits per heavy atom. The first kappa shape index (κ1) is 11.9. The highest BCUT2D eigenvalue weighted by atomic mass is 35.5. The molecule has 5 heteroatoms. The van der Waals surface area contributed by atoms with E-state index in [1.165, 1.54) is 30.2 Å². The van der Waals surface area contributed by atoms with Gasteiger partial charge in [0.25, 0.3) is 0 Å². The van der Waals surface area contributed by atoms with Crippen LogP contribution in [-0.4, -0.2) is 21.1 Å². The molecule has 1 fully saturated rings. The van der Waals surface area contributed by atoms with Crippen molar-refractivity contribution in [3.63, 3.8) is 0 Å². The molecule has 2 aliphatic heterocycles. The van der Waals surface area contributed by atoms with E-state index in [0.717, 1.165) is 25.1 Å². The minimum atomic E-state index is 0.0791. The molecular formula is C12H18ClN3S. The van der Waals surface area contributed by atoms with Crippen LogP contribution in [0.25, 0.3) is 0 Å². The van der Waals surface area contributed by atoms with Crippen LogP contribution in [0.15, 0.2) is 0 Å². The van der Waals surface area contributed by atoms with Crippen molar-refractivity contribution in [1.29, 1.82) is 0 Å². The Balaban J connectivity index is 1.97. The van der Waals surface area contributed by atoms with Gasteiger partial charge in [-0.2, -0.15) is 11.8 Å². The standard InChI is InChI=1S/C12H18ClN3S/c13-11-10-9(14)2-1-5-16(10)12(15-11)8-3-6-17-7-4-8/h8-9H,1-7,14H2. The van der Waals surface area contributed by atoms with Gasteiger partial charge < -0.3 is 10.3 Å². The number of halogens is 1. The van der Waals surface area contributed by atoms with Crippen LogP contribution in [0.5, 0.6) is 0 Å². The van der Waals surface area contributed by atoms with Crippen LogP contribution in [0, 0.1) is 0 Å². The van der Waals surface area contributed by atoms with Crippen LogP contribution in [0.3, 0.4) is 0 Å². The minimum Gasteiger partial charge on any atom is -0.329 e. The normalized spacial score (nSPS) is 25.9. The molecule has 2 N–H and O–H groups in total. The summed E-state index contributed by atoms with van der Waals surface area (Å²) in [4.78, 5) is 4.61. The van der Waals surface area contributed by atoms with Gasteiger partial charge in [0.15, 0.2) is 5.15 Å². The average Bonchev–Trinajstić information content (AvgIpc) is 2.69. The van der Waals surface area contributed by atoms with Crippen molar-refractivity contribution in [3.8, 4) is 0 Å². The van der Waals surface area contributed by atoms with Gasteiger partial charge in [-0.1, -0.05) is 11.6 Å². The summed E-state index contributed by atoms with van der Waals surface area (Å²) in [5.41, 5.74) is 7.22. The van der Waals surface area contributed by atoms with E-state index in [9.17, 15) is 0 Å². The molecule has 1 atom stereocenters. The Kier molecular flexibility index (Phi) is 3.37. The maximum atomic E-state index is 6.26. The zero-order valence-corrected chi connectivity index (χ0v) is 11.4. The third kappa shape index (κ3) is 2.11. The fourth-order valence-corrected chi connectivity index (χ4v) is 4.35. The summed E-state index contributed by atoms with van der Waals surface area (Å²) < 4.78 is 2.30. The first-order valence-electron chi connectivity index (χ1n) is 6.36. The summed E-state index contributed by atoms with van der Waals surface area (Å²) in [6.07, 6.45) is 4.64. The number of fused-ring (bicyclic) bond motifs is 1. The Bertz CT molecular complexity index is 412. The largest absolute Gasteiger partial charge is 0.329 e. The van der Waals surface area contributed by atoms with Gasteiger partial charge in [-0.15, -0.1) is 0 Å². The van der Waals surface area contributed by atoms with Crippen molar-refractivity contribution in [2.75, 3.05) is 11.5 Å². The highest BCUT2D eigenvalue weighted by Crippen LogP contribution is 2.37. The fourth-order valence-electron chi connectivity index (χ4n) is 2.91. The summed E-state index contributed by atoms with van der Waals surface area (Å²) in [5.74, 6) is 4.28. The highest BCUT2D eigenvalue weighted by molar-refractivity contribution is 7.99. The molecule has 2 aliphatic rings. The fraction of sp³-hybridized carbons (Fsp3) is 0.750. The molecule has 3 rings (SSSR count). The number of imidazole rings is 1. The van der Waals surface area contributed by atoms with E-state index in [0.29, 0.717) is 11.1 Å². The van der Waals surface area contributed by atoms with E-state index in [4.69, 9.17) is 17.3 Å². The Morgan fingerprint density at radius 3 is 2.82 bits per heavy atom. The zero-order valence-electron chi connectivity index (χ0n) is 9.86. The number of rotatable bonds is 1. The summed E-state index contributed by atoms with van der Waals surface area (Å²) in [6, 6.07) is 0.0791. The molecule has 0 amide bonds. The third-order valence-corrected chi connectivity index (χ3v) is 5.15. The van der Waals surface area contributed by atoms with Crippen LogP contribution < -0.4 is 5.73 Å². The Hall–Kier alpha value is -0.190. The second kappa shape index (κ2) is 4.82. The Labute approximate surface area is 111 Å². The van der Waals surface area contributed by atoms with Crippen LogP contribution in [0.4, 0.5) is 0 Å². The molecule has 94 valence electrons. The van der Waals surface area contributed by atoms with E-state index < -0.39 is 0 Å². The Morgan fingerprint density at radius 1 is 1.29 bits per heavy atom. The second-order valence-electron chi connectivity index (χ2n) is 4.93. The van der Waals surface area contributed by atoms with E-state index in [1.807, 2.05) is 11.8 Å². The smallest absolute Gasteiger partial charge is 0.152 e. The predicted molar refractivity (Wildman–Crippen MR) is 72.7 cm³/mol.